The standard InChI is InChI=1S/C58H52N2OS/c1-34-24-39(42-20-15-21-45-44-19-11-13-23-54(44)62-55(42)45)30-50(59-34)35-16-14-17-36(25-35)51-28-38(37-26-40(56(2,3)4)31-41(27-37)57(5,6)7)29-52(60-51)47-32-49-46(33-53(47)61)43-18-10-12-22-48(43)58(49,8)9/h10-33,61H,1-9H3. The van der Waals surface area contributed by atoms with Crippen molar-refractivity contribution in [3.8, 4) is 72.9 Å². The van der Waals surface area contributed by atoms with E-state index in [1.54, 1.807) is 0 Å². The molecule has 3 aromatic heterocycles. The van der Waals surface area contributed by atoms with Gasteiger partial charge in [0, 0.05) is 48.0 Å². The summed E-state index contributed by atoms with van der Waals surface area (Å²) in [6.07, 6.45) is 0. The van der Waals surface area contributed by atoms with E-state index in [0.717, 1.165) is 61.7 Å². The molecule has 306 valence electrons. The first-order chi connectivity index (χ1) is 29.5. The van der Waals surface area contributed by atoms with E-state index in [4.69, 9.17) is 9.97 Å². The molecule has 0 spiro atoms. The van der Waals surface area contributed by atoms with Gasteiger partial charge in [0.2, 0.25) is 0 Å². The predicted octanol–water partition coefficient (Wildman–Crippen LogP) is 16.1. The lowest BCUT2D eigenvalue weighted by Crippen LogP contribution is -2.16. The lowest BCUT2D eigenvalue weighted by molar-refractivity contribution is 0.477. The van der Waals surface area contributed by atoms with Crippen LogP contribution in [0.5, 0.6) is 5.75 Å². The molecule has 0 bridgehead atoms. The van der Waals surface area contributed by atoms with Gasteiger partial charge in [0.05, 0.1) is 17.1 Å². The van der Waals surface area contributed by atoms with Crippen LogP contribution in [-0.2, 0) is 16.2 Å². The lowest BCUT2D eigenvalue weighted by Gasteiger charge is -2.26. The van der Waals surface area contributed by atoms with Crippen LogP contribution in [-0.4, -0.2) is 15.1 Å². The number of thiophene rings is 1. The maximum absolute atomic E-state index is 11.9. The maximum Gasteiger partial charge on any atom is 0.125 e. The van der Waals surface area contributed by atoms with E-state index in [2.05, 4.69) is 202 Å². The van der Waals surface area contributed by atoms with Crippen molar-refractivity contribution in [1.29, 1.82) is 0 Å². The first-order valence-corrected chi connectivity index (χ1v) is 22.5. The number of benzene rings is 6. The van der Waals surface area contributed by atoms with Crippen molar-refractivity contribution in [1.82, 2.24) is 9.97 Å². The van der Waals surface area contributed by atoms with Crippen LogP contribution in [0.1, 0.15) is 83.3 Å². The van der Waals surface area contributed by atoms with Gasteiger partial charge in [-0.1, -0.05) is 152 Å². The number of hydrogen-bond donors (Lipinski definition) is 1. The summed E-state index contributed by atoms with van der Waals surface area (Å²) in [6, 6.07) is 52.5. The van der Waals surface area contributed by atoms with Crippen LogP contribution in [0.15, 0.2) is 146 Å². The highest BCUT2D eigenvalue weighted by Crippen LogP contribution is 2.52. The topological polar surface area (TPSA) is 46.0 Å². The van der Waals surface area contributed by atoms with Gasteiger partial charge in [0.25, 0.3) is 0 Å². The molecule has 0 atom stereocenters. The number of aromatic nitrogens is 2. The van der Waals surface area contributed by atoms with Crippen molar-refractivity contribution in [2.75, 3.05) is 0 Å². The van der Waals surface area contributed by atoms with E-state index in [1.807, 2.05) is 17.4 Å². The molecule has 0 unspecified atom stereocenters. The zero-order chi connectivity index (χ0) is 43.3. The second-order valence-corrected chi connectivity index (χ2v) is 20.8. The molecule has 3 nitrogen and oxygen atoms in total. The smallest absolute Gasteiger partial charge is 0.125 e. The third-order valence-electron chi connectivity index (χ3n) is 12.9. The Balaban J connectivity index is 1.14. The highest BCUT2D eigenvalue weighted by atomic mass is 32.1. The van der Waals surface area contributed by atoms with Gasteiger partial charge in [-0.25, -0.2) is 4.98 Å². The molecule has 0 amide bonds. The minimum atomic E-state index is -0.228. The highest BCUT2D eigenvalue weighted by Gasteiger charge is 2.36. The Morgan fingerprint density at radius 2 is 1.06 bits per heavy atom. The summed E-state index contributed by atoms with van der Waals surface area (Å²) in [5.74, 6) is 0.226. The molecule has 1 aliphatic carbocycles. The van der Waals surface area contributed by atoms with E-state index >= 15 is 0 Å². The number of rotatable bonds is 5. The zero-order valence-corrected chi connectivity index (χ0v) is 37.9. The van der Waals surface area contributed by atoms with Crippen LogP contribution in [0.25, 0.3) is 87.3 Å². The van der Waals surface area contributed by atoms with Gasteiger partial charge in [0.1, 0.15) is 5.75 Å². The van der Waals surface area contributed by atoms with E-state index in [0.29, 0.717) is 0 Å². The van der Waals surface area contributed by atoms with Crippen LogP contribution >= 0.6 is 11.3 Å². The molecule has 0 saturated carbocycles. The fourth-order valence-electron chi connectivity index (χ4n) is 9.37. The Morgan fingerprint density at radius 3 is 1.81 bits per heavy atom. The fraction of sp³-hybridized carbons (Fsp3) is 0.207. The molecule has 9 aromatic rings. The number of hydrogen-bond acceptors (Lipinski definition) is 4. The van der Waals surface area contributed by atoms with Crippen LogP contribution in [0, 0.1) is 6.92 Å². The number of nitrogens with zero attached hydrogens (tertiary/aromatic N) is 2. The van der Waals surface area contributed by atoms with E-state index < -0.39 is 0 Å². The monoisotopic (exact) mass is 824 g/mol. The first kappa shape index (κ1) is 39.8. The highest BCUT2D eigenvalue weighted by molar-refractivity contribution is 7.26. The van der Waals surface area contributed by atoms with E-state index in [9.17, 15) is 5.11 Å². The molecule has 0 saturated heterocycles. The van der Waals surface area contributed by atoms with Crippen LogP contribution < -0.4 is 0 Å². The Kier molecular flexibility index (Phi) is 9.21. The second-order valence-electron chi connectivity index (χ2n) is 19.8. The summed E-state index contributed by atoms with van der Waals surface area (Å²) >= 11 is 1.85. The van der Waals surface area contributed by atoms with Crippen molar-refractivity contribution in [2.45, 2.75) is 78.6 Å². The average molecular weight is 825 g/mol. The van der Waals surface area contributed by atoms with Gasteiger partial charge in [-0.2, -0.15) is 0 Å². The number of phenols is 1. The van der Waals surface area contributed by atoms with Gasteiger partial charge in [-0.15, -0.1) is 11.3 Å². The van der Waals surface area contributed by atoms with Crippen molar-refractivity contribution in [2.24, 2.45) is 0 Å². The van der Waals surface area contributed by atoms with E-state index in [-0.39, 0.29) is 22.0 Å². The molecular formula is C58H52N2OS. The second kappa shape index (κ2) is 14.4. The molecule has 10 rings (SSSR count). The Bertz CT molecular complexity index is 3230. The predicted molar refractivity (Wildman–Crippen MR) is 263 cm³/mol. The lowest BCUT2D eigenvalue weighted by atomic mass is 9.78. The number of aromatic hydroxyl groups is 1. The number of fused-ring (bicyclic) bond motifs is 6. The molecule has 3 heterocycles. The molecule has 1 aliphatic rings. The molecule has 0 radical (unpaired) electrons. The minimum absolute atomic E-state index is 0.0515. The zero-order valence-electron chi connectivity index (χ0n) is 37.1. The van der Waals surface area contributed by atoms with Crippen molar-refractivity contribution in [3.05, 3.63) is 174 Å². The first-order valence-electron chi connectivity index (χ1n) is 21.7. The Hall–Kier alpha value is -6.36. The van der Waals surface area contributed by atoms with Gasteiger partial charge < -0.3 is 5.11 Å². The molecule has 1 N–H and O–H groups in total. The maximum atomic E-state index is 11.9. The largest absolute Gasteiger partial charge is 0.507 e. The molecule has 6 aromatic carbocycles. The van der Waals surface area contributed by atoms with Crippen LogP contribution in [0.3, 0.4) is 0 Å². The van der Waals surface area contributed by atoms with Gasteiger partial charge in [-0.3, -0.25) is 4.98 Å². The van der Waals surface area contributed by atoms with Crippen molar-refractivity contribution >= 4 is 31.5 Å². The summed E-state index contributed by atoms with van der Waals surface area (Å²) in [4.78, 5) is 10.5. The summed E-state index contributed by atoms with van der Waals surface area (Å²) in [7, 11) is 0. The SMILES string of the molecule is Cc1cc(-c2cccc3c2sc2ccccc23)cc(-c2cccc(-c3cc(-c4cc(C(C)(C)C)cc(C(C)(C)C)c4)cc(-c4cc5c(cc4O)-c4ccccc4C5(C)C)n3)c2)n1. The van der Waals surface area contributed by atoms with Crippen molar-refractivity contribution in [3.63, 3.8) is 0 Å². The third kappa shape index (κ3) is 6.82. The fourth-order valence-corrected chi connectivity index (χ4v) is 10.6. The molecular weight excluding hydrogens is 773 g/mol. The van der Waals surface area contributed by atoms with Gasteiger partial charge in [-0.05, 0) is 122 Å². The van der Waals surface area contributed by atoms with Crippen LogP contribution in [0.2, 0.25) is 0 Å². The average Bonchev–Trinajstić information content (AvgIpc) is 3.74. The minimum Gasteiger partial charge on any atom is -0.507 e. The summed E-state index contributed by atoms with van der Waals surface area (Å²) in [6.45, 7) is 20.3. The summed E-state index contributed by atoms with van der Waals surface area (Å²) < 4.78 is 2.59. The molecule has 4 heteroatoms. The number of aryl methyl sites for hydroxylation is 1. The number of pyridine rings is 2. The quantitative estimate of drug-likeness (QED) is 0.188. The molecule has 0 aliphatic heterocycles. The third-order valence-corrected chi connectivity index (χ3v) is 14.1. The van der Waals surface area contributed by atoms with Gasteiger partial charge >= 0.3 is 0 Å². The van der Waals surface area contributed by atoms with E-state index in [1.165, 1.54) is 53.6 Å². The normalized spacial score (nSPS) is 13.4. The van der Waals surface area contributed by atoms with Gasteiger partial charge in [0.15, 0.2) is 0 Å². The van der Waals surface area contributed by atoms with Crippen molar-refractivity contribution < 1.29 is 5.11 Å². The Morgan fingerprint density at radius 1 is 0.468 bits per heavy atom. The molecule has 62 heavy (non-hydrogen) atoms. The van der Waals surface area contributed by atoms with Crippen LogP contribution in [0.4, 0.5) is 0 Å². The molecule has 0 fully saturated rings. The summed E-state index contributed by atoms with van der Waals surface area (Å²) in [5.41, 5.74) is 17.7. The number of phenolic OH excluding ortho intramolecular Hbond substituents is 1. The Labute approximate surface area is 369 Å². The summed E-state index contributed by atoms with van der Waals surface area (Å²) in [5, 5.41) is 14.5.